The maximum absolute atomic E-state index is 4.16. The van der Waals surface area contributed by atoms with Crippen LogP contribution >= 0.6 is 0 Å². The van der Waals surface area contributed by atoms with Gasteiger partial charge in [-0.15, -0.1) is 0 Å². The largest absolute Gasteiger partial charge is 0.302 e. The summed E-state index contributed by atoms with van der Waals surface area (Å²) in [5.41, 5.74) is 1.46. The lowest BCUT2D eigenvalue weighted by atomic mass is 10.1. The summed E-state index contributed by atoms with van der Waals surface area (Å²) in [7, 11) is 0. The van der Waals surface area contributed by atoms with Crippen molar-refractivity contribution in [1.82, 2.24) is 4.90 Å². The van der Waals surface area contributed by atoms with Crippen molar-refractivity contribution in [2.75, 3.05) is 19.6 Å². The Hall–Kier alpha value is -0.820. The highest BCUT2D eigenvalue weighted by Gasteiger charge is 2.52. The Morgan fingerprint density at radius 3 is 2.47 bits per heavy atom. The average Bonchev–Trinajstić information content (AvgIpc) is 2.74. The van der Waals surface area contributed by atoms with E-state index < -0.39 is 0 Å². The first-order valence-corrected chi connectivity index (χ1v) is 5.94. The molecule has 1 nitrogen and oxygen atoms in total. The van der Waals surface area contributed by atoms with Crippen molar-refractivity contribution in [1.29, 1.82) is 0 Å². The number of nitrogens with zero attached hydrogens (tertiary/aromatic N) is 1. The lowest BCUT2D eigenvalue weighted by molar-refractivity contribution is 0.297. The quantitative estimate of drug-likeness (QED) is 0.723. The number of hydrogen-bond donors (Lipinski definition) is 0. The fourth-order valence-corrected chi connectivity index (χ4v) is 2.85. The van der Waals surface area contributed by atoms with Crippen molar-refractivity contribution >= 4 is 0 Å². The maximum atomic E-state index is 4.16. The molecular formula is C14H18N. The van der Waals surface area contributed by atoms with Crippen LogP contribution in [0.5, 0.6) is 0 Å². The van der Waals surface area contributed by atoms with E-state index in [1.807, 2.05) is 0 Å². The molecular weight excluding hydrogens is 182 g/mol. The van der Waals surface area contributed by atoms with Crippen molar-refractivity contribution in [2.24, 2.45) is 17.8 Å². The zero-order chi connectivity index (χ0) is 10.3. The normalized spacial score (nSPS) is 34.1. The lowest BCUT2D eigenvalue weighted by Crippen LogP contribution is -2.26. The van der Waals surface area contributed by atoms with Gasteiger partial charge in [-0.1, -0.05) is 30.3 Å². The molecule has 3 rings (SSSR count). The van der Waals surface area contributed by atoms with Gasteiger partial charge in [-0.05, 0) is 36.7 Å². The smallest absolute Gasteiger partial charge is 0.00221 e. The average molecular weight is 200 g/mol. The summed E-state index contributed by atoms with van der Waals surface area (Å²) in [5, 5.41) is 0. The second kappa shape index (κ2) is 3.64. The second-order valence-corrected chi connectivity index (χ2v) is 4.99. The van der Waals surface area contributed by atoms with Crippen LogP contribution in [0.1, 0.15) is 5.56 Å². The van der Waals surface area contributed by atoms with Crippen LogP contribution in [0.4, 0.5) is 0 Å². The van der Waals surface area contributed by atoms with E-state index in [1.54, 1.807) is 0 Å². The summed E-state index contributed by atoms with van der Waals surface area (Å²) < 4.78 is 0. The number of likely N-dealkylation sites (tertiary alicyclic amines) is 1. The molecule has 0 spiro atoms. The van der Waals surface area contributed by atoms with Crippen molar-refractivity contribution in [3.8, 4) is 0 Å². The summed E-state index contributed by atoms with van der Waals surface area (Å²) in [4.78, 5) is 2.60. The third kappa shape index (κ3) is 1.81. The van der Waals surface area contributed by atoms with Crippen LogP contribution in [0.25, 0.3) is 0 Å². The minimum atomic E-state index is 0.776. The van der Waals surface area contributed by atoms with E-state index in [9.17, 15) is 0 Å². The number of hydrogen-bond acceptors (Lipinski definition) is 1. The Morgan fingerprint density at radius 2 is 1.80 bits per heavy atom. The molecule has 1 aliphatic heterocycles. The number of piperidine rings is 1. The van der Waals surface area contributed by atoms with E-state index in [2.05, 4.69) is 42.2 Å². The van der Waals surface area contributed by atoms with Crippen LogP contribution < -0.4 is 0 Å². The summed E-state index contributed by atoms with van der Waals surface area (Å²) in [5.74, 6) is 2.64. The van der Waals surface area contributed by atoms with Crippen LogP contribution in [0, 0.1) is 24.7 Å². The molecule has 1 saturated heterocycles. The maximum Gasteiger partial charge on any atom is 0.00221 e. The van der Waals surface area contributed by atoms with Gasteiger partial charge in [-0.3, -0.25) is 0 Å². The van der Waals surface area contributed by atoms with E-state index in [4.69, 9.17) is 0 Å². The SMILES string of the molecule is [CH2]C1C2CN(CCc3ccccc3)CC12. The van der Waals surface area contributed by atoms with E-state index in [0.717, 1.165) is 17.8 Å². The first-order chi connectivity index (χ1) is 7.34. The molecule has 1 aromatic rings. The van der Waals surface area contributed by atoms with Gasteiger partial charge < -0.3 is 4.90 Å². The molecule has 1 heteroatoms. The molecule has 0 amide bonds. The van der Waals surface area contributed by atoms with E-state index in [1.165, 1.54) is 31.6 Å². The molecule has 79 valence electrons. The Labute approximate surface area is 92.1 Å². The van der Waals surface area contributed by atoms with Gasteiger partial charge in [-0.25, -0.2) is 0 Å². The first kappa shape index (κ1) is 9.41. The molecule has 1 aromatic carbocycles. The fraction of sp³-hybridized carbons (Fsp3) is 0.500. The van der Waals surface area contributed by atoms with Gasteiger partial charge in [0.05, 0.1) is 0 Å². The highest BCUT2D eigenvalue weighted by atomic mass is 15.2. The van der Waals surface area contributed by atoms with Crippen LogP contribution in [-0.2, 0) is 6.42 Å². The third-order valence-corrected chi connectivity index (χ3v) is 4.01. The summed E-state index contributed by atoms with van der Waals surface area (Å²) >= 11 is 0. The molecule has 2 fully saturated rings. The van der Waals surface area contributed by atoms with Crippen molar-refractivity contribution < 1.29 is 0 Å². The summed E-state index contributed by atoms with van der Waals surface area (Å²) in [6.07, 6.45) is 1.20. The zero-order valence-electron chi connectivity index (χ0n) is 9.10. The first-order valence-electron chi connectivity index (χ1n) is 5.94. The number of rotatable bonds is 3. The molecule has 1 heterocycles. The highest BCUT2D eigenvalue weighted by Crippen LogP contribution is 2.50. The minimum absolute atomic E-state index is 0.776. The van der Waals surface area contributed by atoms with E-state index in [-0.39, 0.29) is 0 Å². The molecule has 2 aliphatic rings. The zero-order valence-corrected chi connectivity index (χ0v) is 9.10. The second-order valence-electron chi connectivity index (χ2n) is 4.99. The predicted molar refractivity (Wildman–Crippen MR) is 62.4 cm³/mol. The lowest BCUT2D eigenvalue weighted by Gasteiger charge is -2.18. The van der Waals surface area contributed by atoms with Crippen LogP contribution in [0.2, 0.25) is 0 Å². The number of benzene rings is 1. The Bertz CT molecular complexity index is 320. The molecule has 1 aliphatic carbocycles. The molecule has 1 radical (unpaired) electrons. The van der Waals surface area contributed by atoms with Crippen LogP contribution in [0.15, 0.2) is 30.3 Å². The number of fused-ring (bicyclic) bond motifs is 1. The van der Waals surface area contributed by atoms with Crippen LogP contribution in [-0.4, -0.2) is 24.5 Å². The summed E-state index contributed by atoms with van der Waals surface area (Å²) in [6, 6.07) is 10.8. The standard InChI is InChI=1S/C14H18N/c1-11-13-9-15(10-14(11)13)8-7-12-5-3-2-4-6-12/h2-6,11,13-14H,1,7-10H2. The minimum Gasteiger partial charge on any atom is -0.302 e. The monoisotopic (exact) mass is 200 g/mol. The third-order valence-electron chi connectivity index (χ3n) is 4.01. The molecule has 0 bridgehead atoms. The van der Waals surface area contributed by atoms with E-state index in [0.29, 0.717) is 0 Å². The Kier molecular flexibility index (Phi) is 2.28. The van der Waals surface area contributed by atoms with Crippen LogP contribution in [0.3, 0.4) is 0 Å². The van der Waals surface area contributed by atoms with Gasteiger partial charge in [0, 0.05) is 19.6 Å². The fourth-order valence-electron chi connectivity index (χ4n) is 2.85. The topological polar surface area (TPSA) is 3.24 Å². The Balaban J connectivity index is 1.48. The van der Waals surface area contributed by atoms with Gasteiger partial charge in [0.15, 0.2) is 0 Å². The molecule has 15 heavy (non-hydrogen) atoms. The van der Waals surface area contributed by atoms with Crippen molar-refractivity contribution in [3.63, 3.8) is 0 Å². The van der Waals surface area contributed by atoms with Gasteiger partial charge in [0.25, 0.3) is 0 Å². The van der Waals surface area contributed by atoms with Gasteiger partial charge in [0.1, 0.15) is 0 Å². The van der Waals surface area contributed by atoms with Gasteiger partial charge in [-0.2, -0.15) is 0 Å². The highest BCUT2D eigenvalue weighted by molar-refractivity contribution is 5.15. The van der Waals surface area contributed by atoms with E-state index >= 15 is 0 Å². The summed E-state index contributed by atoms with van der Waals surface area (Å²) in [6.45, 7) is 7.98. The Morgan fingerprint density at radius 1 is 1.13 bits per heavy atom. The molecule has 0 N–H and O–H groups in total. The van der Waals surface area contributed by atoms with Crippen molar-refractivity contribution in [3.05, 3.63) is 42.8 Å². The molecule has 2 unspecified atom stereocenters. The molecule has 1 saturated carbocycles. The van der Waals surface area contributed by atoms with Gasteiger partial charge in [0.2, 0.25) is 0 Å². The molecule has 0 aromatic heterocycles. The van der Waals surface area contributed by atoms with Crippen molar-refractivity contribution in [2.45, 2.75) is 6.42 Å². The predicted octanol–water partition coefficient (Wildman–Crippen LogP) is 2.24. The van der Waals surface area contributed by atoms with Gasteiger partial charge >= 0.3 is 0 Å². The molecule has 2 atom stereocenters.